The van der Waals surface area contributed by atoms with Crippen LogP contribution in [0.1, 0.15) is 37.8 Å². The third-order valence-corrected chi connectivity index (χ3v) is 4.04. The molecule has 0 amide bonds. The maximum Gasteiger partial charge on any atom is 0.309 e. The summed E-state index contributed by atoms with van der Waals surface area (Å²) in [5, 5.41) is 9.21. The standard InChI is InChI=1S/C16H22O3/c1-15(2,14(17)18)10-12-5-4-6-13(9-12)16(7-8-16)11-19-3/h4-6,9H,7-8,10-11H2,1-3H3,(H,17,18). The molecular formula is C16H22O3. The molecule has 19 heavy (non-hydrogen) atoms. The number of methoxy groups -OCH3 is 1. The maximum absolute atomic E-state index is 11.2. The summed E-state index contributed by atoms with van der Waals surface area (Å²) in [6, 6.07) is 8.31. The summed E-state index contributed by atoms with van der Waals surface area (Å²) in [5.41, 5.74) is 1.83. The summed E-state index contributed by atoms with van der Waals surface area (Å²) < 4.78 is 5.31. The number of hydrogen-bond donors (Lipinski definition) is 1. The summed E-state index contributed by atoms with van der Waals surface area (Å²) in [6.07, 6.45) is 2.87. The van der Waals surface area contributed by atoms with E-state index in [2.05, 4.69) is 12.1 Å². The third-order valence-electron chi connectivity index (χ3n) is 4.04. The molecule has 0 aromatic heterocycles. The van der Waals surface area contributed by atoms with Crippen LogP contribution < -0.4 is 0 Å². The zero-order valence-electron chi connectivity index (χ0n) is 11.9. The van der Waals surface area contributed by atoms with Crippen molar-refractivity contribution in [2.75, 3.05) is 13.7 Å². The van der Waals surface area contributed by atoms with Gasteiger partial charge in [0.1, 0.15) is 0 Å². The molecule has 0 unspecified atom stereocenters. The molecule has 0 radical (unpaired) electrons. The Kier molecular flexibility index (Phi) is 3.68. The highest BCUT2D eigenvalue weighted by atomic mass is 16.5. The first-order valence-electron chi connectivity index (χ1n) is 6.71. The van der Waals surface area contributed by atoms with Crippen LogP contribution in [0.25, 0.3) is 0 Å². The minimum absolute atomic E-state index is 0.179. The van der Waals surface area contributed by atoms with Gasteiger partial charge in [-0.2, -0.15) is 0 Å². The van der Waals surface area contributed by atoms with E-state index in [1.807, 2.05) is 12.1 Å². The molecule has 1 saturated carbocycles. The van der Waals surface area contributed by atoms with Gasteiger partial charge in [-0.3, -0.25) is 4.79 Å². The molecule has 1 fully saturated rings. The van der Waals surface area contributed by atoms with Crippen molar-refractivity contribution >= 4 is 5.97 Å². The Morgan fingerprint density at radius 3 is 2.63 bits per heavy atom. The van der Waals surface area contributed by atoms with Gasteiger partial charge in [-0.05, 0) is 44.2 Å². The molecule has 1 aromatic carbocycles. The van der Waals surface area contributed by atoms with Gasteiger partial charge >= 0.3 is 5.97 Å². The molecule has 3 nitrogen and oxygen atoms in total. The Bertz CT molecular complexity index is 473. The minimum atomic E-state index is -0.754. The second-order valence-electron chi connectivity index (χ2n) is 6.28. The summed E-state index contributed by atoms with van der Waals surface area (Å²) in [7, 11) is 1.73. The molecular weight excluding hydrogens is 240 g/mol. The van der Waals surface area contributed by atoms with Crippen LogP contribution in [-0.2, 0) is 21.4 Å². The first kappa shape index (κ1) is 14.1. The SMILES string of the molecule is COCC1(c2cccc(CC(C)(C)C(=O)O)c2)CC1. The number of aliphatic carboxylic acids is 1. The number of benzene rings is 1. The van der Waals surface area contributed by atoms with E-state index in [0.717, 1.165) is 25.0 Å². The highest BCUT2D eigenvalue weighted by Crippen LogP contribution is 2.48. The minimum Gasteiger partial charge on any atom is -0.481 e. The van der Waals surface area contributed by atoms with Crippen LogP contribution in [-0.4, -0.2) is 24.8 Å². The van der Waals surface area contributed by atoms with Crippen LogP contribution in [0.5, 0.6) is 0 Å². The van der Waals surface area contributed by atoms with Gasteiger partial charge < -0.3 is 9.84 Å². The molecule has 1 aliphatic carbocycles. The van der Waals surface area contributed by atoms with Gasteiger partial charge in [0.25, 0.3) is 0 Å². The van der Waals surface area contributed by atoms with Crippen LogP contribution in [0.4, 0.5) is 0 Å². The fraction of sp³-hybridized carbons (Fsp3) is 0.562. The normalized spacial score (nSPS) is 17.2. The van der Waals surface area contributed by atoms with Crippen molar-refractivity contribution in [1.29, 1.82) is 0 Å². The van der Waals surface area contributed by atoms with Crippen LogP contribution in [0.3, 0.4) is 0 Å². The average Bonchev–Trinajstić information content (AvgIpc) is 3.10. The number of hydrogen-bond acceptors (Lipinski definition) is 2. The highest BCUT2D eigenvalue weighted by Gasteiger charge is 2.44. The van der Waals surface area contributed by atoms with Gasteiger partial charge in [-0.15, -0.1) is 0 Å². The van der Waals surface area contributed by atoms with Crippen LogP contribution >= 0.6 is 0 Å². The average molecular weight is 262 g/mol. The van der Waals surface area contributed by atoms with E-state index in [-0.39, 0.29) is 5.41 Å². The number of ether oxygens (including phenoxy) is 1. The van der Waals surface area contributed by atoms with Crippen molar-refractivity contribution in [1.82, 2.24) is 0 Å². The molecule has 104 valence electrons. The Balaban J connectivity index is 2.19. The van der Waals surface area contributed by atoms with Gasteiger partial charge in [0.15, 0.2) is 0 Å². The van der Waals surface area contributed by atoms with Crippen molar-refractivity contribution in [2.24, 2.45) is 5.41 Å². The van der Waals surface area contributed by atoms with Crippen molar-refractivity contribution in [3.63, 3.8) is 0 Å². The van der Waals surface area contributed by atoms with Crippen LogP contribution in [0.2, 0.25) is 0 Å². The van der Waals surface area contributed by atoms with Gasteiger partial charge in [0.05, 0.1) is 12.0 Å². The molecule has 0 atom stereocenters. The molecule has 1 N–H and O–H groups in total. The Labute approximate surface area is 114 Å². The van der Waals surface area contributed by atoms with E-state index in [0.29, 0.717) is 6.42 Å². The highest BCUT2D eigenvalue weighted by molar-refractivity contribution is 5.74. The zero-order chi connectivity index (χ0) is 14.1. The smallest absolute Gasteiger partial charge is 0.309 e. The molecule has 0 aliphatic heterocycles. The van der Waals surface area contributed by atoms with Crippen LogP contribution in [0, 0.1) is 5.41 Å². The molecule has 1 aromatic rings. The topological polar surface area (TPSA) is 46.5 Å². The van der Waals surface area contributed by atoms with Gasteiger partial charge in [-0.25, -0.2) is 0 Å². The molecule has 3 heteroatoms. The Morgan fingerprint density at radius 2 is 2.11 bits per heavy atom. The quantitative estimate of drug-likeness (QED) is 0.857. The van der Waals surface area contributed by atoms with Crippen molar-refractivity contribution in [3.05, 3.63) is 35.4 Å². The van der Waals surface area contributed by atoms with E-state index in [9.17, 15) is 9.90 Å². The Morgan fingerprint density at radius 1 is 1.42 bits per heavy atom. The van der Waals surface area contributed by atoms with Gasteiger partial charge in [0, 0.05) is 12.5 Å². The summed E-state index contributed by atoms with van der Waals surface area (Å²) >= 11 is 0. The molecule has 0 saturated heterocycles. The predicted molar refractivity (Wildman–Crippen MR) is 74.4 cm³/mol. The lowest BCUT2D eigenvalue weighted by atomic mass is 9.84. The monoisotopic (exact) mass is 262 g/mol. The first-order valence-corrected chi connectivity index (χ1v) is 6.71. The second-order valence-corrected chi connectivity index (χ2v) is 6.28. The van der Waals surface area contributed by atoms with Gasteiger partial charge in [-0.1, -0.05) is 24.3 Å². The lowest BCUT2D eigenvalue weighted by Gasteiger charge is -2.21. The van der Waals surface area contributed by atoms with E-state index < -0.39 is 11.4 Å². The van der Waals surface area contributed by atoms with E-state index >= 15 is 0 Å². The van der Waals surface area contributed by atoms with Crippen molar-refractivity contribution < 1.29 is 14.6 Å². The molecule has 0 bridgehead atoms. The number of carboxylic acid groups (broad SMARTS) is 1. The molecule has 0 spiro atoms. The number of carbonyl (C=O) groups is 1. The fourth-order valence-electron chi connectivity index (χ4n) is 2.54. The molecule has 2 rings (SSSR count). The lowest BCUT2D eigenvalue weighted by molar-refractivity contribution is -0.146. The molecule has 0 heterocycles. The van der Waals surface area contributed by atoms with E-state index in [1.54, 1.807) is 21.0 Å². The number of carboxylic acids is 1. The fourth-order valence-corrected chi connectivity index (χ4v) is 2.54. The van der Waals surface area contributed by atoms with Crippen molar-refractivity contribution in [2.45, 2.75) is 38.5 Å². The molecule has 1 aliphatic rings. The second kappa shape index (κ2) is 4.97. The maximum atomic E-state index is 11.2. The largest absolute Gasteiger partial charge is 0.481 e. The Hall–Kier alpha value is -1.35. The van der Waals surface area contributed by atoms with Crippen molar-refractivity contribution in [3.8, 4) is 0 Å². The first-order chi connectivity index (χ1) is 8.89. The van der Waals surface area contributed by atoms with E-state index in [4.69, 9.17) is 4.74 Å². The van der Waals surface area contributed by atoms with Crippen LogP contribution in [0.15, 0.2) is 24.3 Å². The summed E-state index contributed by atoms with van der Waals surface area (Å²) in [6.45, 7) is 4.28. The van der Waals surface area contributed by atoms with E-state index in [1.165, 1.54) is 5.56 Å². The number of rotatable bonds is 6. The third kappa shape index (κ3) is 2.98. The van der Waals surface area contributed by atoms with Gasteiger partial charge in [0.2, 0.25) is 0 Å². The zero-order valence-corrected chi connectivity index (χ0v) is 11.9. The lowest BCUT2D eigenvalue weighted by Crippen LogP contribution is -2.26. The predicted octanol–water partition coefficient (Wildman–Crippen LogP) is 3.02. The summed E-state index contributed by atoms with van der Waals surface area (Å²) in [5.74, 6) is -0.754. The summed E-state index contributed by atoms with van der Waals surface area (Å²) in [4.78, 5) is 11.2.